The van der Waals surface area contributed by atoms with E-state index in [1.165, 1.54) is 5.57 Å². The Balaban J connectivity index is 1.79. The van der Waals surface area contributed by atoms with Crippen molar-refractivity contribution in [2.24, 2.45) is 34.5 Å². The lowest BCUT2D eigenvalue weighted by atomic mass is 9.45. The van der Waals surface area contributed by atoms with Crippen LogP contribution < -0.4 is 0 Å². The number of ether oxygens (including phenoxy) is 1. The van der Waals surface area contributed by atoms with Gasteiger partial charge in [-0.15, -0.1) is 0 Å². The van der Waals surface area contributed by atoms with E-state index < -0.39 is 17.1 Å². The normalized spacial score (nSPS) is 46.5. The number of esters is 1. The van der Waals surface area contributed by atoms with Gasteiger partial charge in [0, 0.05) is 24.2 Å². The minimum atomic E-state index is -1.21. The fraction of sp³-hybridized carbons (Fsp3) is 0.800. The third-order valence-electron chi connectivity index (χ3n) is 9.54. The fourth-order valence-corrected chi connectivity index (χ4v) is 8.64. The maximum atomic E-state index is 13.4. The van der Waals surface area contributed by atoms with E-state index in [4.69, 9.17) is 4.74 Å². The summed E-state index contributed by atoms with van der Waals surface area (Å²) in [6, 6.07) is 0. The highest BCUT2D eigenvalue weighted by atomic mass is 79.9. The minimum absolute atomic E-state index is 0.0719. The zero-order valence-corrected chi connectivity index (χ0v) is 20.7. The third-order valence-corrected chi connectivity index (χ3v) is 10.0. The first-order valence-corrected chi connectivity index (χ1v) is 12.9. The minimum Gasteiger partial charge on any atom is -0.450 e. The Morgan fingerprint density at radius 2 is 2.00 bits per heavy atom. The number of rotatable bonds is 4. The molecule has 0 aromatic rings. The number of Topliss-reactive ketones (excluding diaryl/α,β-unsaturated/α-hetero) is 1. The molecule has 0 heterocycles. The third kappa shape index (κ3) is 3.07. The number of aliphatic hydroxyl groups is 1. The molecule has 172 valence electrons. The summed E-state index contributed by atoms with van der Waals surface area (Å²) in [6.45, 7) is 8.08. The van der Waals surface area contributed by atoms with E-state index in [0.29, 0.717) is 12.8 Å². The quantitative estimate of drug-likeness (QED) is 0.462. The van der Waals surface area contributed by atoms with Gasteiger partial charge in [-0.1, -0.05) is 49.2 Å². The van der Waals surface area contributed by atoms with Gasteiger partial charge in [0.25, 0.3) is 0 Å². The average molecular weight is 495 g/mol. The summed E-state index contributed by atoms with van der Waals surface area (Å²) in [5, 5.41) is 11.7. The van der Waals surface area contributed by atoms with Crippen LogP contribution in [0.4, 0.5) is 0 Å². The van der Waals surface area contributed by atoms with Gasteiger partial charge in [-0.3, -0.25) is 14.4 Å². The van der Waals surface area contributed by atoms with Gasteiger partial charge >= 0.3 is 5.97 Å². The molecule has 0 spiro atoms. The van der Waals surface area contributed by atoms with Gasteiger partial charge in [-0.25, -0.2) is 0 Å². The highest BCUT2D eigenvalue weighted by Gasteiger charge is 2.72. The van der Waals surface area contributed by atoms with Crippen LogP contribution in [-0.4, -0.2) is 39.7 Å². The number of ketones is 2. The van der Waals surface area contributed by atoms with Crippen molar-refractivity contribution in [3.8, 4) is 0 Å². The molecule has 0 bridgehead atoms. The van der Waals surface area contributed by atoms with Crippen LogP contribution in [0.5, 0.6) is 0 Å². The first kappa shape index (κ1) is 23.2. The van der Waals surface area contributed by atoms with Crippen LogP contribution in [0.3, 0.4) is 0 Å². The molecular formula is C25H35BrO5. The van der Waals surface area contributed by atoms with Crippen molar-refractivity contribution in [1.29, 1.82) is 0 Å². The number of hydrogen-bond acceptors (Lipinski definition) is 5. The van der Waals surface area contributed by atoms with E-state index in [0.717, 1.165) is 25.7 Å². The van der Waals surface area contributed by atoms with Crippen molar-refractivity contribution in [2.75, 3.05) is 5.33 Å². The van der Waals surface area contributed by atoms with E-state index in [-0.39, 0.29) is 58.4 Å². The summed E-state index contributed by atoms with van der Waals surface area (Å²) < 4.78 is 6.07. The molecule has 0 unspecified atom stereocenters. The lowest BCUT2D eigenvalue weighted by Crippen LogP contribution is -2.64. The SMILES string of the molecule is CCC(=O)O[C@@]1(C(=O)CBr)[C@H](C)C[C@H]2[C@@H]3CCC4=CC(=O)CC[C@]4(C)[C@H]3[C@@H](O)C[C@@]21C. The van der Waals surface area contributed by atoms with E-state index in [9.17, 15) is 19.5 Å². The average Bonchev–Trinajstić information content (AvgIpc) is 2.94. The molecular weight excluding hydrogens is 460 g/mol. The van der Waals surface area contributed by atoms with Crippen LogP contribution in [-0.2, 0) is 19.1 Å². The van der Waals surface area contributed by atoms with Crippen LogP contribution in [0, 0.1) is 34.5 Å². The van der Waals surface area contributed by atoms with Gasteiger partial charge in [-0.05, 0) is 61.3 Å². The predicted molar refractivity (Wildman–Crippen MR) is 121 cm³/mol. The maximum Gasteiger partial charge on any atom is 0.306 e. The highest BCUT2D eigenvalue weighted by molar-refractivity contribution is 9.09. The first-order chi connectivity index (χ1) is 14.5. The Labute approximate surface area is 193 Å². The van der Waals surface area contributed by atoms with E-state index in [2.05, 4.69) is 29.8 Å². The summed E-state index contributed by atoms with van der Waals surface area (Å²) in [7, 11) is 0. The van der Waals surface area contributed by atoms with Crippen molar-refractivity contribution < 1.29 is 24.2 Å². The highest BCUT2D eigenvalue weighted by Crippen LogP contribution is 2.69. The second-order valence-electron chi connectivity index (χ2n) is 10.8. The summed E-state index contributed by atoms with van der Waals surface area (Å²) in [6.07, 6.45) is 5.80. The smallest absolute Gasteiger partial charge is 0.306 e. The Bertz CT molecular complexity index is 836. The predicted octanol–water partition coefficient (Wildman–Crippen LogP) is 4.39. The van der Waals surface area contributed by atoms with Crippen molar-refractivity contribution in [2.45, 2.75) is 84.3 Å². The first-order valence-electron chi connectivity index (χ1n) is 11.8. The molecule has 4 rings (SSSR count). The number of hydrogen-bond donors (Lipinski definition) is 1. The van der Waals surface area contributed by atoms with Gasteiger partial charge in [0.15, 0.2) is 17.2 Å². The van der Waals surface area contributed by atoms with Crippen molar-refractivity contribution in [3.05, 3.63) is 11.6 Å². The number of carbonyl (C=O) groups is 3. The van der Waals surface area contributed by atoms with Gasteiger partial charge in [0.2, 0.25) is 0 Å². The second kappa shape index (κ2) is 7.79. The Hall–Kier alpha value is -1.01. The molecule has 0 amide bonds. The number of allylic oxidation sites excluding steroid dienone is 1. The summed E-state index contributed by atoms with van der Waals surface area (Å²) >= 11 is 3.34. The molecule has 1 N–H and O–H groups in total. The second-order valence-corrected chi connectivity index (χ2v) is 11.4. The molecule has 4 aliphatic rings. The number of fused-ring (bicyclic) bond motifs is 5. The topological polar surface area (TPSA) is 80.7 Å². The molecule has 6 heteroatoms. The fourth-order valence-electron chi connectivity index (χ4n) is 8.22. The molecule has 5 nitrogen and oxygen atoms in total. The van der Waals surface area contributed by atoms with Crippen LogP contribution in [0.15, 0.2) is 11.6 Å². The van der Waals surface area contributed by atoms with Gasteiger partial charge in [0.1, 0.15) is 0 Å². The molecule has 0 aliphatic heterocycles. The summed E-state index contributed by atoms with van der Waals surface area (Å²) in [5.74, 6) is 0.157. The molecule has 0 aromatic carbocycles. The van der Waals surface area contributed by atoms with Crippen LogP contribution in [0.2, 0.25) is 0 Å². The Morgan fingerprint density at radius 1 is 1.29 bits per heavy atom. The maximum absolute atomic E-state index is 13.4. The van der Waals surface area contributed by atoms with E-state index in [1.807, 2.05) is 13.0 Å². The van der Waals surface area contributed by atoms with Crippen LogP contribution in [0.1, 0.15) is 72.6 Å². The van der Waals surface area contributed by atoms with Crippen LogP contribution >= 0.6 is 15.9 Å². The lowest BCUT2D eigenvalue weighted by Gasteiger charge is -2.60. The monoisotopic (exact) mass is 494 g/mol. The summed E-state index contributed by atoms with van der Waals surface area (Å²) in [4.78, 5) is 38.0. The van der Waals surface area contributed by atoms with Gasteiger partial charge in [0.05, 0.1) is 11.4 Å². The lowest BCUT2D eigenvalue weighted by molar-refractivity contribution is -0.204. The summed E-state index contributed by atoms with van der Waals surface area (Å²) in [5.41, 5.74) is -0.797. The zero-order valence-electron chi connectivity index (χ0n) is 19.1. The zero-order chi connectivity index (χ0) is 22.8. The van der Waals surface area contributed by atoms with Crippen LogP contribution in [0.25, 0.3) is 0 Å². The molecule has 3 saturated carbocycles. The molecule has 31 heavy (non-hydrogen) atoms. The standard InChI is InChI=1S/C25H35BrO5/c1-5-21(30)31-25(20(29)13-26)14(2)10-18-17-7-6-15-11-16(27)8-9-23(15,3)22(17)19(28)12-24(18,25)4/h11,14,17-19,22,28H,5-10,12-13H2,1-4H3/t14-,17+,18+,19+,22-,23+,24+,25-/m1/s1. The molecule has 3 fully saturated rings. The largest absolute Gasteiger partial charge is 0.450 e. The Kier molecular flexibility index (Phi) is 5.82. The van der Waals surface area contributed by atoms with E-state index in [1.54, 1.807) is 6.92 Å². The Morgan fingerprint density at radius 3 is 2.65 bits per heavy atom. The van der Waals surface area contributed by atoms with Gasteiger partial charge < -0.3 is 9.84 Å². The molecule has 0 saturated heterocycles. The molecule has 8 atom stereocenters. The number of carbonyl (C=O) groups excluding carboxylic acids is 3. The van der Waals surface area contributed by atoms with Crippen molar-refractivity contribution >= 4 is 33.5 Å². The van der Waals surface area contributed by atoms with Gasteiger partial charge in [-0.2, -0.15) is 0 Å². The molecule has 4 aliphatic carbocycles. The number of halogens is 1. The number of alkyl halides is 1. The van der Waals surface area contributed by atoms with Crippen molar-refractivity contribution in [3.63, 3.8) is 0 Å². The van der Waals surface area contributed by atoms with E-state index >= 15 is 0 Å². The van der Waals surface area contributed by atoms with Crippen molar-refractivity contribution in [1.82, 2.24) is 0 Å². The number of aliphatic hydroxyl groups excluding tert-OH is 1. The molecule has 0 aromatic heterocycles. The molecule has 0 radical (unpaired) electrons.